The van der Waals surface area contributed by atoms with Gasteiger partial charge in [0.15, 0.2) is 5.76 Å². The number of nitrogens with zero attached hydrogens (tertiary/aromatic N) is 1. The summed E-state index contributed by atoms with van der Waals surface area (Å²) in [7, 11) is 0. The molecule has 0 saturated carbocycles. The van der Waals surface area contributed by atoms with Crippen LogP contribution in [-0.2, 0) is 22.5 Å². The number of carbonyl (C=O) groups is 1. The summed E-state index contributed by atoms with van der Waals surface area (Å²) in [4.78, 5) is 13.8. The summed E-state index contributed by atoms with van der Waals surface area (Å²) in [5, 5.41) is 0. The molecular formula is C15H15F2NO2. The van der Waals surface area contributed by atoms with Crippen molar-refractivity contribution in [3.8, 4) is 0 Å². The highest BCUT2D eigenvalue weighted by Crippen LogP contribution is 2.26. The predicted molar refractivity (Wildman–Crippen MR) is 68.7 cm³/mol. The van der Waals surface area contributed by atoms with Crippen LogP contribution in [0.15, 0.2) is 24.0 Å². The van der Waals surface area contributed by atoms with E-state index in [9.17, 15) is 13.6 Å². The van der Waals surface area contributed by atoms with Crippen molar-refractivity contribution in [2.24, 2.45) is 0 Å². The third-order valence-electron chi connectivity index (χ3n) is 3.73. The smallest absolute Gasteiger partial charge is 0.288 e. The Bertz CT molecular complexity index is 583. The van der Waals surface area contributed by atoms with Crippen LogP contribution in [0.3, 0.4) is 0 Å². The van der Waals surface area contributed by atoms with Gasteiger partial charge in [0.2, 0.25) is 0 Å². The minimum absolute atomic E-state index is 0.0957. The van der Waals surface area contributed by atoms with Gasteiger partial charge < -0.3 is 9.64 Å². The fourth-order valence-electron chi connectivity index (χ4n) is 2.63. The Morgan fingerprint density at radius 3 is 2.65 bits per heavy atom. The van der Waals surface area contributed by atoms with Gasteiger partial charge in [-0.15, -0.1) is 0 Å². The molecule has 0 bridgehead atoms. The summed E-state index contributed by atoms with van der Waals surface area (Å²) in [6, 6.07) is 2.25. The second-order valence-electron chi connectivity index (χ2n) is 5.02. The average Bonchev–Trinajstić information content (AvgIpc) is 2.51. The normalized spacial score (nSPS) is 18.1. The minimum Gasteiger partial charge on any atom is -0.488 e. The molecule has 1 amide bonds. The van der Waals surface area contributed by atoms with Crippen molar-refractivity contribution in [2.75, 3.05) is 13.2 Å². The number of benzene rings is 1. The van der Waals surface area contributed by atoms with Crippen LogP contribution in [0.5, 0.6) is 0 Å². The summed E-state index contributed by atoms with van der Waals surface area (Å²) in [5.41, 5.74) is 0.661. The molecule has 3 nitrogen and oxygen atoms in total. The number of hydrogen-bond acceptors (Lipinski definition) is 2. The van der Waals surface area contributed by atoms with Gasteiger partial charge in [-0.3, -0.25) is 4.79 Å². The quantitative estimate of drug-likeness (QED) is 0.790. The maximum atomic E-state index is 13.8. The van der Waals surface area contributed by atoms with E-state index in [2.05, 4.69) is 0 Å². The van der Waals surface area contributed by atoms with Crippen molar-refractivity contribution in [1.29, 1.82) is 0 Å². The molecule has 2 heterocycles. The Hall–Kier alpha value is -1.91. The monoisotopic (exact) mass is 279 g/mol. The average molecular weight is 279 g/mol. The number of carbonyl (C=O) groups excluding carboxylic acids is 1. The molecule has 0 fully saturated rings. The van der Waals surface area contributed by atoms with Gasteiger partial charge in [-0.2, -0.15) is 0 Å². The third-order valence-corrected chi connectivity index (χ3v) is 3.73. The molecule has 1 aromatic rings. The molecule has 0 aromatic heterocycles. The number of rotatable bonds is 1. The molecule has 20 heavy (non-hydrogen) atoms. The minimum atomic E-state index is -0.461. The Labute approximate surface area is 115 Å². The Kier molecular flexibility index (Phi) is 3.42. The molecule has 0 radical (unpaired) electrons. The van der Waals surface area contributed by atoms with Gasteiger partial charge in [0.05, 0.1) is 6.61 Å². The van der Waals surface area contributed by atoms with Crippen molar-refractivity contribution >= 4 is 5.91 Å². The van der Waals surface area contributed by atoms with Crippen LogP contribution in [0.1, 0.15) is 24.0 Å². The van der Waals surface area contributed by atoms with Crippen LogP contribution >= 0.6 is 0 Å². The molecule has 3 rings (SSSR count). The summed E-state index contributed by atoms with van der Waals surface area (Å²) in [5.74, 6) is -0.769. The van der Waals surface area contributed by atoms with Gasteiger partial charge in [0.1, 0.15) is 11.6 Å². The molecular weight excluding hydrogens is 264 g/mol. The first-order valence-electron chi connectivity index (χ1n) is 6.75. The summed E-state index contributed by atoms with van der Waals surface area (Å²) >= 11 is 0. The van der Waals surface area contributed by atoms with Crippen LogP contribution in [0.2, 0.25) is 0 Å². The first-order valence-corrected chi connectivity index (χ1v) is 6.75. The number of ether oxygens (including phenoxy) is 1. The standard InChI is InChI=1S/C15H15F2NO2/c16-12-4-5-13(17)11-9-18(7-6-10(11)12)15(19)14-3-1-2-8-20-14/h3-5H,1-2,6-9H2. The summed E-state index contributed by atoms with van der Waals surface area (Å²) < 4.78 is 32.7. The van der Waals surface area contributed by atoms with E-state index in [1.165, 1.54) is 4.90 Å². The van der Waals surface area contributed by atoms with Crippen LogP contribution < -0.4 is 0 Å². The first-order chi connectivity index (χ1) is 9.66. The van der Waals surface area contributed by atoms with Gasteiger partial charge in [-0.1, -0.05) is 0 Å². The molecule has 0 saturated heterocycles. The number of amides is 1. The van der Waals surface area contributed by atoms with Gasteiger partial charge in [0, 0.05) is 18.7 Å². The van der Waals surface area contributed by atoms with Crippen molar-refractivity contribution < 1.29 is 18.3 Å². The van der Waals surface area contributed by atoms with E-state index in [1.54, 1.807) is 6.08 Å². The van der Waals surface area contributed by atoms with E-state index in [1.807, 2.05) is 0 Å². The molecule has 106 valence electrons. The van der Waals surface area contributed by atoms with E-state index in [0.717, 1.165) is 25.0 Å². The second kappa shape index (κ2) is 5.23. The first kappa shape index (κ1) is 13.1. The van der Waals surface area contributed by atoms with Crippen LogP contribution in [-0.4, -0.2) is 24.0 Å². The maximum absolute atomic E-state index is 13.8. The summed E-state index contributed by atoms with van der Waals surface area (Å²) in [6.07, 6.45) is 3.81. The van der Waals surface area contributed by atoms with E-state index in [-0.39, 0.29) is 18.0 Å². The highest BCUT2D eigenvalue weighted by molar-refractivity contribution is 5.91. The lowest BCUT2D eigenvalue weighted by atomic mass is 9.98. The molecule has 0 aliphatic carbocycles. The molecule has 0 unspecified atom stereocenters. The molecule has 2 aliphatic rings. The van der Waals surface area contributed by atoms with Gasteiger partial charge in [-0.25, -0.2) is 8.78 Å². The Morgan fingerprint density at radius 2 is 1.95 bits per heavy atom. The van der Waals surface area contributed by atoms with E-state index in [0.29, 0.717) is 30.9 Å². The summed E-state index contributed by atoms with van der Waals surface area (Å²) in [6.45, 7) is 1.01. The Balaban J connectivity index is 1.83. The number of fused-ring (bicyclic) bond motifs is 1. The molecule has 0 atom stereocenters. The van der Waals surface area contributed by atoms with E-state index < -0.39 is 11.6 Å². The zero-order valence-corrected chi connectivity index (χ0v) is 11.0. The van der Waals surface area contributed by atoms with Gasteiger partial charge in [-0.05, 0) is 43.0 Å². The zero-order chi connectivity index (χ0) is 14.1. The number of allylic oxidation sites excluding steroid dienone is 1. The zero-order valence-electron chi connectivity index (χ0n) is 11.0. The molecule has 1 aromatic carbocycles. The lowest BCUT2D eigenvalue weighted by molar-refractivity contribution is -0.132. The molecule has 0 N–H and O–H groups in total. The molecule has 0 spiro atoms. The van der Waals surface area contributed by atoms with Crippen molar-refractivity contribution in [3.05, 3.63) is 46.7 Å². The topological polar surface area (TPSA) is 29.5 Å². The molecule has 2 aliphatic heterocycles. The van der Waals surface area contributed by atoms with Crippen molar-refractivity contribution in [3.63, 3.8) is 0 Å². The van der Waals surface area contributed by atoms with Crippen LogP contribution in [0, 0.1) is 11.6 Å². The predicted octanol–water partition coefficient (Wildman–Crippen LogP) is 2.54. The number of halogens is 2. The fourth-order valence-corrected chi connectivity index (χ4v) is 2.63. The Morgan fingerprint density at radius 1 is 1.20 bits per heavy atom. The highest BCUT2D eigenvalue weighted by Gasteiger charge is 2.28. The third kappa shape index (κ3) is 2.28. The van der Waals surface area contributed by atoms with Crippen molar-refractivity contribution in [1.82, 2.24) is 4.90 Å². The van der Waals surface area contributed by atoms with Crippen molar-refractivity contribution in [2.45, 2.75) is 25.8 Å². The van der Waals surface area contributed by atoms with E-state index >= 15 is 0 Å². The second-order valence-corrected chi connectivity index (χ2v) is 5.02. The lowest BCUT2D eigenvalue weighted by Gasteiger charge is -2.30. The van der Waals surface area contributed by atoms with Crippen LogP contribution in [0.4, 0.5) is 8.78 Å². The molecule has 5 heteroatoms. The lowest BCUT2D eigenvalue weighted by Crippen LogP contribution is -2.38. The fraction of sp³-hybridized carbons (Fsp3) is 0.400. The highest BCUT2D eigenvalue weighted by atomic mass is 19.1. The number of hydrogen-bond donors (Lipinski definition) is 0. The SMILES string of the molecule is O=C(C1=CCCCO1)N1CCc2c(F)ccc(F)c2C1. The van der Waals surface area contributed by atoms with Gasteiger partial charge >= 0.3 is 0 Å². The largest absolute Gasteiger partial charge is 0.488 e. The van der Waals surface area contributed by atoms with Gasteiger partial charge in [0.25, 0.3) is 5.91 Å². The van der Waals surface area contributed by atoms with E-state index in [4.69, 9.17) is 4.74 Å². The maximum Gasteiger partial charge on any atom is 0.288 e. The van der Waals surface area contributed by atoms with Crippen LogP contribution in [0.25, 0.3) is 0 Å².